The molecular weight excluding hydrogens is 334 g/mol. The highest BCUT2D eigenvalue weighted by Crippen LogP contribution is 2.36. The van der Waals surface area contributed by atoms with E-state index in [0.29, 0.717) is 6.04 Å². The minimum atomic E-state index is -0.190. The van der Waals surface area contributed by atoms with Gasteiger partial charge >= 0.3 is 0 Å². The normalized spacial score (nSPS) is 18.7. The SMILES string of the molecule is CC(=O)Nc1ccc(NC(=O)[C@@H](C)N2CCC[C@@H]2c2cccs2)cc1. The first-order valence-electron chi connectivity index (χ1n) is 8.52. The minimum absolute atomic E-state index is 0.00395. The summed E-state index contributed by atoms with van der Waals surface area (Å²) < 4.78 is 0. The van der Waals surface area contributed by atoms with E-state index in [4.69, 9.17) is 0 Å². The highest BCUT2D eigenvalue weighted by Gasteiger charge is 2.33. The molecule has 0 radical (unpaired) electrons. The number of anilines is 2. The molecule has 5 nitrogen and oxygen atoms in total. The van der Waals surface area contributed by atoms with Gasteiger partial charge in [0.2, 0.25) is 11.8 Å². The number of carbonyl (C=O) groups is 2. The second-order valence-corrected chi connectivity index (χ2v) is 7.31. The Hall–Kier alpha value is -2.18. The van der Waals surface area contributed by atoms with Crippen LogP contribution in [0.2, 0.25) is 0 Å². The standard InChI is InChI=1S/C19H23N3O2S/c1-13(22-11-3-5-17(22)18-6-4-12-25-18)19(24)21-16-9-7-15(8-10-16)20-14(2)23/h4,6-10,12-13,17H,3,5,11H2,1-2H3,(H,20,23)(H,21,24)/t13-,17-/m1/s1. The predicted molar refractivity (Wildman–Crippen MR) is 102 cm³/mol. The van der Waals surface area contributed by atoms with Crippen LogP contribution in [-0.4, -0.2) is 29.3 Å². The number of nitrogens with zero attached hydrogens (tertiary/aromatic N) is 1. The molecule has 132 valence electrons. The second kappa shape index (κ2) is 7.80. The van der Waals surface area contributed by atoms with E-state index in [9.17, 15) is 9.59 Å². The molecule has 2 N–H and O–H groups in total. The molecule has 2 amide bonds. The highest BCUT2D eigenvalue weighted by atomic mass is 32.1. The van der Waals surface area contributed by atoms with Gasteiger partial charge in [0, 0.05) is 29.2 Å². The van der Waals surface area contributed by atoms with Crippen molar-refractivity contribution < 1.29 is 9.59 Å². The number of amides is 2. The topological polar surface area (TPSA) is 61.4 Å². The van der Waals surface area contributed by atoms with Gasteiger partial charge in [-0.25, -0.2) is 0 Å². The summed E-state index contributed by atoms with van der Waals surface area (Å²) in [4.78, 5) is 27.3. The maximum absolute atomic E-state index is 12.7. The second-order valence-electron chi connectivity index (χ2n) is 6.34. The summed E-state index contributed by atoms with van der Waals surface area (Å²) in [7, 11) is 0. The lowest BCUT2D eigenvalue weighted by Gasteiger charge is -2.29. The fraction of sp³-hybridized carbons (Fsp3) is 0.368. The zero-order valence-electron chi connectivity index (χ0n) is 14.5. The fourth-order valence-electron chi connectivity index (χ4n) is 3.28. The van der Waals surface area contributed by atoms with Crippen molar-refractivity contribution >= 4 is 34.5 Å². The molecule has 3 rings (SSSR count). The van der Waals surface area contributed by atoms with Crippen molar-refractivity contribution in [2.45, 2.75) is 38.8 Å². The van der Waals surface area contributed by atoms with Crippen molar-refractivity contribution in [3.05, 3.63) is 46.7 Å². The molecule has 0 unspecified atom stereocenters. The van der Waals surface area contributed by atoms with E-state index in [2.05, 4.69) is 33.0 Å². The van der Waals surface area contributed by atoms with Gasteiger partial charge in [-0.2, -0.15) is 0 Å². The Morgan fingerprint density at radius 3 is 2.44 bits per heavy atom. The van der Waals surface area contributed by atoms with Crippen LogP contribution in [0.25, 0.3) is 0 Å². The van der Waals surface area contributed by atoms with Crippen molar-refractivity contribution in [1.29, 1.82) is 0 Å². The van der Waals surface area contributed by atoms with Crippen molar-refractivity contribution in [3.63, 3.8) is 0 Å². The van der Waals surface area contributed by atoms with E-state index < -0.39 is 0 Å². The number of hydrogen-bond acceptors (Lipinski definition) is 4. The van der Waals surface area contributed by atoms with Gasteiger partial charge in [0.05, 0.1) is 6.04 Å². The molecule has 0 aliphatic carbocycles. The lowest BCUT2D eigenvalue weighted by atomic mass is 10.1. The largest absolute Gasteiger partial charge is 0.326 e. The van der Waals surface area contributed by atoms with Gasteiger partial charge in [0.25, 0.3) is 0 Å². The van der Waals surface area contributed by atoms with Crippen molar-refractivity contribution in [2.24, 2.45) is 0 Å². The monoisotopic (exact) mass is 357 g/mol. The molecule has 0 saturated carbocycles. The van der Waals surface area contributed by atoms with Crippen LogP contribution in [0.5, 0.6) is 0 Å². The van der Waals surface area contributed by atoms with Crippen LogP contribution in [-0.2, 0) is 9.59 Å². The zero-order valence-corrected chi connectivity index (χ0v) is 15.3. The molecule has 0 bridgehead atoms. The summed E-state index contributed by atoms with van der Waals surface area (Å²) in [5.41, 5.74) is 1.45. The molecule has 1 aromatic carbocycles. The Bertz CT molecular complexity index is 728. The summed E-state index contributed by atoms with van der Waals surface area (Å²) in [6.45, 7) is 4.38. The summed E-state index contributed by atoms with van der Waals surface area (Å²) >= 11 is 1.76. The Balaban J connectivity index is 1.63. The van der Waals surface area contributed by atoms with Crippen LogP contribution in [0.1, 0.15) is 37.6 Å². The Labute approximate surface area is 152 Å². The minimum Gasteiger partial charge on any atom is -0.326 e. The van der Waals surface area contributed by atoms with E-state index in [1.165, 1.54) is 11.8 Å². The molecule has 1 aromatic heterocycles. The van der Waals surface area contributed by atoms with Crippen molar-refractivity contribution in [2.75, 3.05) is 17.2 Å². The van der Waals surface area contributed by atoms with Gasteiger partial charge in [-0.15, -0.1) is 11.3 Å². The van der Waals surface area contributed by atoms with Gasteiger partial charge in [-0.05, 0) is 62.0 Å². The lowest BCUT2D eigenvalue weighted by molar-refractivity contribution is -0.121. The predicted octanol–water partition coefficient (Wildman–Crippen LogP) is 3.87. The molecule has 2 aromatic rings. The number of carbonyl (C=O) groups excluding carboxylic acids is 2. The van der Waals surface area contributed by atoms with E-state index >= 15 is 0 Å². The van der Waals surface area contributed by atoms with Gasteiger partial charge < -0.3 is 10.6 Å². The average Bonchev–Trinajstić information content (AvgIpc) is 3.26. The maximum Gasteiger partial charge on any atom is 0.241 e. The van der Waals surface area contributed by atoms with Crippen LogP contribution >= 0.6 is 11.3 Å². The van der Waals surface area contributed by atoms with E-state index in [1.54, 1.807) is 35.6 Å². The van der Waals surface area contributed by atoms with E-state index in [0.717, 1.165) is 30.8 Å². The van der Waals surface area contributed by atoms with Gasteiger partial charge in [0.1, 0.15) is 0 Å². The third kappa shape index (κ3) is 4.27. The third-order valence-electron chi connectivity index (χ3n) is 4.52. The quantitative estimate of drug-likeness (QED) is 0.854. The number of hydrogen-bond donors (Lipinski definition) is 2. The fourth-order valence-corrected chi connectivity index (χ4v) is 4.16. The van der Waals surface area contributed by atoms with Crippen LogP contribution in [0.4, 0.5) is 11.4 Å². The lowest BCUT2D eigenvalue weighted by Crippen LogP contribution is -2.41. The third-order valence-corrected chi connectivity index (χ3v) is 5.49. The van der Waals surface area contributed by atoms with E-state index in [-0.39, 0.29) is 17.9 Å². The molecule has 6 heteroatoms. The molecule has 2 heterocycles. The first kappa shape index (κ1) is 17.6. The number of benzene rings is 1. The molecule has 25 heavy (non-hydrogen) atoms. The van der Waals surface area contributed by atoms with Gasteiger partial charge in [0.15, 0.2) is 0 Å². The van der Waals surface area contributed by atoms with Crippen LogP contribution in [0.3, 0.4) is 0 Å². The summed E-state index contributed by atoms with van der Waals surface area (Å²) in [5, 5.41) is 7.78. The molecular formula is C19H23N3O2S. The number of thiophene rings is 1. The summed E-state index contributed by atoms with van der Waals surface area (Å²) in [6.07, 6.45) is 2.22. The van der Waals surface area contributed by atoms with Crippen LogP contribution in [0, 0.1) is 0 Å². The van der Waals surface area contributed by atoms with Crippen LogP contribution < -0.4 is 10.6 Å². The number of likely N-dealkylation sites (tertiary alicyclic amines) is 1. The first-order chi connectivity index (χ1) is 12.0. The molecule has 1 aliphatic heterocycles. The van der Waals surface area contributed by atoms with E-state index in [1.807, 2.05) is 6.92 Å². The molecule has 1 aliphatic rings. The maximum atomic E-state index is 12.7. The Morgan fingerprint density at radius 1 is 1.16 bits per heavy atom. The molecule has 2 atom stereocenters. The van der Waals surface area contributed by atoms with Crippen LogP contribution in [0.15, 0.2) is 41.8 Å². The number of rotatable bonds is 5. The Kier molecular flexibility index (Phi) is 5.50. The average molecular weight is 357 g/mol. The molecule has 0 spiro atoms. The van der Waals surface area contributed by atoms with Crippen molar-refractivity contribution in [3.8, 4) is 0 Å². The smallest absolute Gasteiger partial charge is 0.241 e. The highest BCUT2D eigenvalue weighted by molar-refractivity contribution is 7.10. The molecule has 1 saturated heterocycles. The Morgan fingerprint density at radius 2 is 1.84 bits per heavy atom. The molecule has 1 fully saturated rings. The zero-order chi connectivity index (χ0) is 17.8. The summed E-state index contributed by atoms with van der Waals surface area (Å²) in [5.74, 6) is -0.116. The van der Waals surface area contributed by atoms with Gasteiger partial charge in [-0.3, -0.25) is 14.5 Å². The van der Waals surface area contributed by atoms with Crippen molar-refractivity contribution in [1.82, 2.24) is 4.90 Å². The number of nitrogens with one attached hydrogen (secondary N) is 2. The first-order valence-corrected chi connectivity index (χ1v) is 9.40. The van der Waals surface area contributed by atoms with Gasteiger partial charge in [-0.1, -0.05) is 6.07 Å². The summed E-state index contributed by atoms with van der Waals surface area (Å²) in [6, 6.07) is 11.5.